The predicted octanol–water partition coefficient (Wildman–Crippen LogP) is 8.48. The van der Waals surface area contributed by atoms with Crippen LogP contribution in [0.4, 0.5) is 0 Å². The number of rotatable bonds is 11. The summed E-state index contributed by atoms with van der Waals surface area (Å²) in [7, 11) is 0. The van der Waals surface area contributed by atoms with Crippen molar-refractivity contribution < 1.29 is 38.4 Å². The molecule has 7 aromatic rings. The van der Waals surface area contributed by atoms with E-state index in [4.69, 9.17) is 23.7 Å². The Morgan fingerprint density at radius 1 is 0.679 bits per heavy atom. The number of hydrogen-bond donors (Lipinski definition) is 1. The molecule has 6 aromatic carbocycles. The summed E-state index contributed by atoms with van der Waals surface area (Å²) in [5.74, 6) is -0.0101. The van der Waals surface area contributed by atoms with Crippen LogP contribution in [0.15, 0.2) is 151 Å². The van der Waals surface area contributed by atoms with Gasteiger partial charge in [-0.25, -0.2) is 4.79 Å². The highest BCUT2D eigenvalue weighted by Crippen LogP contribution is 2.46. The van der Waals surface area contributed by atoms with Crippen LogP contribution in [0.25, 0.3) is 16.6 Å². The third kappa shape index (κ3) is 8.00. The van der Waals surface area contributed by atoms with E-state index in [0.29, 0.717) is 63.8 Å². The predicted molar refractivity (Wildman–Crippen MR) is 210 cm³/mol. The van der Waals surface area contributed by atoms with Gasteiger partial charge >= 0.3 is 5.97 Å². The van der Waals surface area contributed by atoms with Crippen LogP contribution in [0, 0.1) is 0 Å². The molecule has 0 amide bonds. The summed E-state index contributed by atoms with van der Waals surface area (Å²) >= 11 is 1.08. The zero-order valence-electron chi connectivity index (χ0n) is 29.9. The molecular weight excluding hydrogens is 729 g/mol. The van der Waals surface area contributed by atoms with Gasteiger partial charge in [-0.1, -0.05) is 78.9 Å². The highest BCUT2D eigenvalue weighted by molar-refractivity contribution is 7.00. The number of hydrogen-bond acceptors (Lipinski definition) is 11. The van der Waals surface area contributed by atoms with Gasteiger partial charge in [0.15, 0.2) is 11.5 Å². The largest absolute Gasteiger partial charge is 0.489 e. The van der Waals surface area contributed by atoms with E-state index in [9.17, 15) is 14.7 Å². The van der Waals surface area contributed by atoms with E-state index in [-0.39, 0.29) is 18.8 Å². The SMILES string of the molecule is O=C1OC(O)(c2ccc3nsnc3c2)C(Cc2ccc(OCc3ccccc3)cc2)=C1c1ccc2c(c1)OCO2.O=Cc1ccc(OCc2ccccc2)cc1. The van der Waals surface area contributed by atoms with Gasteiger partial charge in [-0.15, -0.1) is 0 Å². The van der Waals surface area contributed by atoms with Crippen LogP contribution in [-0.2, 0) is 35.0 Å². The van der Waals surface area contributed by atoms with Crippen molar-refractivity contribution in [3.05, 3.63) is 185 Å². The molecule has 56 heavy (non-hydrogen) atoms. The lowest BCUT2D eigenvalue weighted by Gasteiger charge is -2.25. The molecule has 278 valence electrons. The zero-order chi connectivity index (χ0) is 38.3. The van der Waals surface area contributed by atoms with Crippen molar-refractivity contribution in [1.29, 1.82) is 0 Å². The molecule has 1 N–H and O–H groups in total. The number of carbonyl (C=O) groups excluding carboxylic acids is 2. The smallest absolute Gasteiger partial charge is 0.342 e. The van der Waals surface area contributed by atoms with Crippen LogP contribution >= 0.6 is 11.7 Å². The van der Waals surface area contributed by atoms with Crippen molar-refractivity contribution in [2.45, 2.75) is 25.4 Å². The van der Waals surface area contributed by atoms with E-state index in [2.05, 4.69) is 8.75 Å². The number of ether oxygens (including phenoxy) is 5. The summed E-state index contributed by atoms with van der Waals surface area (Å²) in [5, 5.41) is 12.0. The number of benzene rings is 6. The second-order valence-electron chi connectivity index (χ2n) is 13.0. The highest BCUT2D eigenvalue weighted by atomic mass is 32.1. The summed E-state index contributed by atoms with van der Waals surface area (Å²) in [4.78, 5) is 23.9. The fraction of sp³-hybridized carbons (Fsp3) is 0.111. The Morgan fingerprint density at radius 2 is 1.30 bits per heavy atom. The van der Waals surface area contributed by atoms with Crippen molar-refractivity contribution in [1.82, 2.24) is 8.75 Å². The molecule has 0 aliphatic carbocycles. The molecule has 0 saturated heterocycles. The Kier molecular flexibility index (Phi) is 10.5. The van der Waals surface area contributed by atoms with Crippen LogP contribution in [0.1, 0.15) is 38.2 Å². The average Bonchev–Trinajstić information content (AvgIpc) is 3.98. The third-order valence-electron chi connectivity index (χ3n) is 9.28. The lowest BCUT2D eigenvalue weighted by molar-refractivity contribution is -0.185. The Balaban J connectivity index is 0.000000231. The molecule has 1 aromatic heterocycles. The van der Waals surface area contributed by atoms with Gasteiger partial charge in [-0.3, -0.25) is 4.79 Å². The number of aldehydes is 1. The number of nitrogens with zero attached hydrogens (tertiary/aromatic N) is 2. The first-order chi connectivity index (χ1) is 27.4. The summed E-state index contributed by atoms with van der Waals surface area (Å²) < 4.78 is 36.8. The fourth-order valence-electron chi connectivity index (χ4n) is 6.35. The van der Waals surface area contributed by atoms with E-state index < -0.39 is 11.8 Å². The van der Waals surface area contributed by atoms with Crippen LogP contribution in [0.3, 0.4) is 0 Å². The third-order valence-corrected chi connectivity index (χ3v) is 9.84. The van der Waals surface area contributed by atoms with Gasteiger partial charge in [0.2, 0.25) is 6.79 Å². The fourth-order valence-corrected chi connectivity index (χ4v) is 6.87. The van der Waals surface area contributed by atoms with Crippen LogP contribution in [0.2, 0.25) is 0 Å². The Morgan fingerprint density at radius 3 is 1.96 bits per heavy atom. The molecule has 3 heterocycles. The van der Waals surface area contributed by atoms with E-state index in [1.54, 1.807) is 60.7 Å². The van der Waals surface area contributed by atoms with Crippen molar-refractivity contribution in [2.24, 2.45) is 0 Å². The van der Waals surface area contributed by atoms with Gasteiger partial charge in [0.1, 0.15) is 42.0 Å². The molecule has 2 aliphatic rings. The normalized spacial score (nSPS) is 15.6. The maximum atomic E-state index is 13.4. The average molecular weight is 763 g/mol. The van der Waals surface area contributed by atoms with Crippen molar-refractivity contribution >= 4 is 40.6 Å². The lowest BCUT2D eigenvalue weighted by atomic mass is 9.88. The minimum atomic E-state index is -2.00. The number of aromatic nitrogens is 2. The Labute approximate surface area is 326 Å². The molecule has 10 nitrogen and oxygen atoms in total. The van der Waals surface area contributed by atoms with E-state index >= 15 is 0 Å². The minimum Gasteiger partial charge on any atom is -0.489 e. The number of aliphatic hydroxyl groups is 1. The highest BCUT2D eigenvalue weighted by Gasteiger charge is 2.48. The van der Waals surface area contributed by atoms with Gasteiger partial charge in [-0.2, -0.15) is 8.75 Å². The molecule has 1 atom stereocenters. The van der Waals surface area contributed by atoms with E-state index in [1.807, 2.05) is 84.9 Å². The summed E-state index contributed by atoms with van der Waals surface area (Å²) in [6.45, 7) is 1.11. The molecule has 0 fully saturated rings. The lowest BCUT2D eigenvalue weighted by Crippen LogP contribution is -2.29. The second-order valence-corrected chi connectivity index (χ2v) is 13.5. The van der Waals surface area contributed by atoms with Gasteiger partial charge in [0.25, 0.3) is 5.79 Å². The van der Waals surface area contributed by atoms with Crippen LogP contribution in [0.5, 0.6) is 23.0 Å². The standard InChI is InChI=1S/C31H22N2O6S.C14H12O2/c34-30-29(21-8-13-27-28(15-21)38-18-37-27)24(31(35,39-30)22-9-12-25-26(16-22)33-40-32-25)14-19-6-10-23(11-7-19)36-17-20-4-2-1-3-5-20;15-10-12-6-8-14(9-7-12)16-11-13-4-2-1-3-5-13/h1-13,15-16,35H,14,17-18H2;1-10H,11H2. The topological polar surface area (TPSA) is 126 Å². The van der Waals surface area contributed by atoms with Crippen LogP contribution in [-0.4, -0.2) is 32.9 Å². The summed E-state index contributed by atoms with van der Waals surface area (Å²) in [5.41, 5.74) is 6.70. The molecule has 0 spiro atoms. The first-order valence-corrected chi connectivity index (χ1v) is 18.5. The summed E-state index contributed by atoms with van der Waals surface area (Å²) in [6.07, 6.45) is 1.07. The van der Waals surface area contributed by atoms with Crippen molar-refractivity contribution in [2.75, 3.05) is 6.79 Å². The summed E-state index contributed by atoms with van der Waals surface area (Å²) in [6, 6.07) is 45.0. The van der Waals surface area contributed by atoms with Crippen molar-refractivity contribution in [3.63, 3.8) is 0 Å². The molecule has 9 rings (SSSR count). The molecule has 2 aliphatic heterocycles. The molecule has 11 heteroatoms. The zero-order valence-corrected chi connectivity index (χ0v) is 30.7. The quantitative estimate of drug-likeness (QED) is 0.101. The number of cyclic esters (lactones) is 1. The molecule has 1 unspecified atom stereocenters. The van der Waals surface area contributed by atoms with Crippen LogP contribution < -0.4 is 18.9 Å². The minimum absolute atomic E-state index is 0.111. The van der Waals surface area contributed by atoms with E-state index in [0.717, 1.165) is 40.5 Å². The molecule has 0 bridgehead atoms. The molecular formula is C45H34N2O8S. The maximum absolute atomic E-state index is 13.4. The van der Waals surface area contributed by atoms with E-state index in [1.165, 1.54) is 0 Å². The Bertz CT molecular complexity index is 2500. The van der Waals surface area contributed by atoms with Gasteiger partial charge < -0.3 is 28.8 Å². The van der Waals surface area contributed by atoms with Gasteiger partial charge in [-0.05, 0) is 89.0 Å². The molecule has 0 saturated carbocycles. The number of fused-ring (bicyclic) bond motifs is 2. The number of esters is 1. The first-order valence-electron chi connectivity index (χ1n) is 17.7. The first kappa shape index (κ1) is 36.2. The second kappa shape index (κ2) is 16.3. The van der Waals surface area contributed by atoms with Crippen molar-refractivity contribution in [3.8, 4) is 23.0 Å². The maximum Gasteiger partial charge on any atom is 0.342 e. The molecule has 0 radical (unpaired) electrons. The van der Waals surface area contributed by atoms with Gasteiger partial charge in [0, 0.05) is 23.1 Å². The van der Waals surface area contributed by atoms with Gasteiger partial charge in [0.05, 0.1) is 17.3 Å². The monoisotopic (exact) mass is 762 g/mol. The Hall–Kier alpha value is -6.82. The number of carbonyl (C=O) groups is 2.